The van der Waals surface area contributed by atoms with E-state index in [9.17, 15) is 0 Å². The van der Waals surface area contributed by atoms with Crippen molar-refractivity contribution in [2.24, 2.45) is 0 Å². The van der Waals surface area contributed by atoms with E-state index in [0.29, 0.717) is 0 Å². The molecule has 0 spiro atoms. The molecule has 0 N–H and O–H groups in total. The van der Waals surface area contributed by atoms with Crippen molar-refractivity contribution >= 4 is 10.8 Å². The first-order valence-corrected chi connectivity index (χ1v) is 8.09. The highest BCUT2D eigenvalue weighted by Crippen LogP contribution is 2.41. The summed E-state index contributed by atoms with van der Waals surface area (Å²) < 4.78 is 0. The quantitative estimate of drug-likeness (QED) is 0.351. The zero-order valence-corrected chi connectivity index (χ0v) is 12.8. The molecule has 0 nitrogen and oxygen atoms in total. The molecule has 0 aliphatic heterocycles. The SMILES string of the molecule is c1ccc(-c2ccc3c4c(ccc3c2)Cc2ccccc2-4)cc1. The summed E-state index contributed by atoms with van der Waals surface area (Å²) in [6, 6.07) is 30.8. The molecule has 0 atom stereocenters. The van der Waals surface area contributed by atoms with E-state index < -0.39 is 0 Å². The molecule has 0 aromatic heterocycles. The van der Waals surface area contributed by atoms with Gasteiger partial charge in [-0.3, -0.25) is 0 Å². The molecule has 0 saturated heterocycles. The molecule has 1 aliphatic rings. The maximum absolute atomic E-state index is 2.31. The fourth-order valence-electron chi connectivity index (χ4n) is 3.77. The highest BCUT2D eigenvalue weighted by atomic mass is 14.2. The Balaban J connectivity index is 1.75. The number of benzene rings is 4. The zero-order valence-electron chi connectivity index (χ0n) is 12.8. The van der Waals surface area contributed by atoms with E-state index in [-0.39, 0.29) is 0 Å². The molecule has 0 bridgehead atoms. The molecule has 108 valence electrons. The van der Waals surface area contributed by atoms with Crippen molar-refractivity contribution in [2.45, 2.75) is 6.42 Å². The van der Waals surface area contributed by atoms with E-state index in [0.717, 1.165) is 6.42 Å². The zero-order chi connectivity index (χ0) is 15.2. The van der Waals surface area contributed by atoms with E-state index in [1.54, 1.807) is 0 Å². The standard InChI is InChI=1S/C23H16/c1-2-6-16(7-3-1)17-12-13-22-19(14-17)10-11-20-15-18-8-4-5-9-21(18)23(20)22/h1-14H,15H2. The first-order chi connectivity index (χ1) is 11.4. The molecule has 0 fully saturated rings. The van der Waals surface area contributed by atoms with Crippen LogP contribution in [0, 0.1) is 0 Å². The van der Waals surface area contributed by atoms with Crippen LogP contribution in [0.25, 0.3) is 33.0 Å². The number of rotatable bonds is 1. The van der Waals surface area contributed by atoms with Gasteiger partial charge < -0.3 is 0 Å². The second-order valence-electron chi connectivity index (χ2n) is 6.24. The fraction of sp³-hybridized carbons (Fsp3) is 0.0435. The molecule has 4 aromatic rings. The molecular formula is C23H16. The molecule has 0 amide bonds. The van der Waals surface area contributed by atoms with Crippen LogP contribution in [0.3, 0.4) is 0 Å². The summed E-state index contributed by atoms with van der Waals surface area (Å²) in [7, 11) is 0. The van der Waals surface area contributed by atoms with Gasteiger partial charge in [-0.25, -0.2) is 0 Å². The second kappa shape index (κ2) is 4.82. The topological polar surface area (TPSA) is 0 Å². The average molecular weight is 292 g/mol. The van der Waals surface area contributed by atoms with Crippen LogP contribution in [0.15, 0.2) is 84.9 Å². The van der Waals surface area contributed by atoms with Crippen molar-refractivity contribution in [1.82, 2.24) is 0 Å². The van der Waals surface area contributed by atoms with Crippen LogP contribution < -0.4 is 0 Å². The summed E-state index contributed by atoms with van der Waals surface area (Å²) in [6.07, 6.45) is 1.06. The van der Waals surface area contributed by atoms with E-state index in [4.69, 9.17) is 0 Å². The maximum atomic E-state index is 2.31. The second-order valence-corrected chi connectivity index (χ2v) is 6.24. The fourth-order valence-corrected chi connectivity index (χ4v) is 3.77. The minimum Gasteiger partial charge on any atom is -0.0622 e. The number of hydrogen-bond acceptors (Lipinski definition) is 0. The molecule has 1 aliphatic carbocycles. The summed E-state index contributed by atoms with van der Waals surface area (Å²) in [5.74, 6) is 0. The third-order valence-electron chi connectivity index (χ3n) is 4.88. The number of fused-ring (bicyclic) bond motifs is 5. The smallest absolute Gasteiger partial charge is 0.00132 e. The molecule has 4 aromatic carbocycles. The predicted molar refractivity (Wildman–Crippen MR) is 97.6 cm³/mol. The molecule has 0 heteroatoms. The molecule has 0 unspecified atom stereocenters. The van der Waals surface area contributed by atoms with Crippen LogP contribution >= 0.6 is 0 Å². The van der Waals surface area contributed by atoms with Crippen LogP contribution in [-0.4, -0.2) is 0 Å². The van der Waals surface area contributed by atoms with Crippen LogP contribution in [0.1, 0.15) is 11.1 Å². The third-order valence-corrected chi connectivity index (χ3v) is 4.88. The summed E-state index contributed by atoms with van der Waals surface area (Å²) in [5, 5.41) is 2.69. The Kier molecular flexibility index (Phi) is 2.65. The summed E-state index contributed by atoms with van der Waals surface area (Å²) in [6.45, 7) is 0. The van der Waals surface area contributed by atoms with Crippen molar-refractivity contribution in [1.29, 1.82) is 0 Å². The first kappa shape index (κ1) is 12.7. The van der Waals surface area contributed by atoms with E-state index in [2.05, 4.69) is 84.9 Å². The summed E-state index contributed by atoms with van der Waals surface area (Å²) >= 11 is 0. The van der Waals surface area contributed by atoms with E-state index >= 15 is 0 Å². The van der Waals surface area contributed by atoms with Crippen molar-refractivity contribution in [3.63, 3.8) is 0 Å². The van der Waals surface area contributed by atoms with Gasteiger partial charge in [0.1, 0.15) is 0 Å². The minimum absolute atomic E-state index is 1.06. The van der Waals surface area contributed by atoms with Gasteiger partial charge in [-0.15, -0.1) is 0 Å². The van der Waals surface area contributed by atoms with E-state index in [1.807, 2.05) is 0 Å². The molecule has 5 rings (SSSR count). The van der Waals surface area contributed by atoms with Crippen molar-refractivity contribution in [2.75, 3.05) is 0 Å². The van der Waals surface area contributed by atoms with Crippen LogP contribution in [-0.2, 0) is 6.42 Å². The van der Waals surface area contributed by atoms with Crippen LogP contribution in [0.4, 0.5) is 0 Å². The lowest BCUT2D eigenvalue weighted by molar-refractivity contribution is 1.27. The summed E-state index contributed by atoms with van der Waals surface area (Å²) in [5.41, 5.74) is 8.28. The van der Waals surface area contributed by atoms with Gasteiger partial charge in [-0.05, 0) is 56.6 Å². The number of hydrogen-bond donors (Lipinski definition) is 0. The van der Waals surface area contributed by atoms with Gasteiger partial charge in [-0.2, -0.15) is 0 Å². The Bertz CT molecular complexity index is 1030. The Morgan fingerprint density at radius 2 is 1.39 bits per heavy atom. The molecule has 23 heavy (non-hydrogen) atoms. The molecule has 0 saturated carbocycles. The lowest BCUT2D eigenvalue weighted by Gasteiger charge is -2.09. The van der Waals surface area contributed by atoms with Gasteiger partial charge in [0.25, 0.3) is 0 Å². The van der Waals surface area contributed by atoms with Crippen molar-refractivity contribution in [3.05, 3.63) is 96.1 Å². The van der Waals surface area contributed by atoms with E-state index in [1.165, 1.54) is 44.2 Å². The van der Waals surface area contributed by atoms with Crippen molar-refractivity contribution in [3.8, 4) is 22.3 Å². The Labute approximate surface area is 136 Å². The average Bonchev–Trinajstić information content (AvgIpc) is 3.01. The van der Waals surface area contributed by atoms with Gasteiger partial charge in [-0.1, -0.05) is 78.9 Å². The normalized spacial score (nSPS) is 12.2. The van der Waals surface area contributed by atoms with Crippen LogP contribution in [0.2, 0.25) is 0 Å². The highest BCUT2D eigenvalue weighted by Gasteiger charge is 2.20. The van der Waals surface area contributed by atoms with Gasteiger partial charge in [0.05, 0.1) is 0 Å². The Morgan fingerprint density at radius 3 is 2.30 bits per heavy atom. The lowest BCUT2D eigenvalue weighted by atomic mass is 9.95. The van der Waals surface area contributed by atoms with Crippen molar-refractivity contribution < 1.29 is 0 Å². The minimum atomic E-state index is 1.06. The monoisotopic (exact) mass is 292 g/mol. The Hall–Kier alpha value is -2.86. The largest absolute Gasteiger partial charge is 0.0622 e. The van der Waals surface area contributed by atoms with Gasteiger partial charge >= 0.3 is 0 Å². The van der Waals surface area contributed by atoms with Gasteiger partial charge in [0.2, 0.25) is 0 Å². The third kappa shape index (κ3) is 1.92. The first-order valence-electron chi connectivity index (χ1n) is 8.09. The molecule has 0 radical (unpaired) electrons. The summed E-state index contributed by atoms with van der Waals surface area (Å²) in [4.78, 5) is 0. The van der Waals surface area contributed by atoms with Gasteiger partial charge in [0, 0.05) is 0 Å². The predicted octanol–water partition coefficient (Wildman–Crippen LogP) is 6.08. The lowest BCUT2D eigenvalue weighted by Crippen LogP contribution is -1.84. The maximum Gasteiger partial charge on any atom is -0.00132 e. The highest BCUT2D eigenvalue weighted by molar-refractivity contribution is 6.02. The van der Waals surface area contributed by atoms with Gasteiger partial charge in [0.15, 0.2) is 0 Å². The molecule has 0 heterocycles. The van der Waals surface area contributed by atoms with Crippen LogP contribution in [0.5, 0.6) is 0 Å². The molecular weight excluding hydrogens is 276 g/mol. The Morgan fingerprint density at radius 1 is 0.565 bits per heavy atom.